The summed E-state index contributed by atoms with van der Waals surface area (Å²) in [6, 6.07) is 5.55. The van der Waals surface area contributed by atoms with Crippen molar-refractivity contribution in [2.75, 3.05) is 26.2 Å². The lowest BCUT2D eigenvalue weighted by Gasteiger charge is -2.34. The van der Waals surface area contributed by atoms with Gasteiger partial charge in [0, 0.05) is 39.8 Å². The van der Waals surface area contributed by atoms with Gasteiger partial charge in [-0.15, -0.1) is 0 Å². The van der Waals surface area contributed by atoms with Crippen molar-refractivity contribution in [1.29, 1.82) is 0 Å². The van der Waals surface area contributed by atoms with Gasteiger partial charge in [-0.1, -0.05) is 29.3 Å². The first-order valence-corrected chi connectivity index (χ1v) is 8.83. The summed E-state index contributed by atoms with van der Waals surface area (Å²) in [6.45, 7) is 3.14. The van der Waals surface area contributed by atoms with Crippen molar-refractivity contribution in [3.63, 3.8) is 0 Å². The Balaban J connectivity index is 1.62. The second kappa shape index (κ2) is 7.65. The molecule has 0 atom stereocenters. The average Bonchev–Trinajstić information content (AvgIpc) is 3.00. The van der Waals surface area contributed by atoms with Crippen molar-refractivity contribution in [3.8, 4) is 0 Å². The van der Waals surface area contributed by atoms with Crippen molar-refractivity contribution >= 4 is 35.1 Å². The van der Waals surface area contributed by atoms with Crippen LogP contribution in [0.5, 0.6) is 0 Å². The highest BCUT2D eigenvalue weighted by Crippen LogP contribution is 2.23. The zero-order valence-electron chi connectivity index (χ0n) is 14.2. The number of carbonyl (C=O) groups is 2. The van der Waals surface area contributed by atoms with E-state index in [2.05, 4.69) is 10.00 Å². The number of aromatic carboxylic acids is 1. The van der Waals surface area contributed by atoms with Crippen molar-refractivity contribution < 1.29 is 14.7 Å². The molecule has 1 amide bonds. The minimum absolute atomic E-state index is 0.0896. The Labute approximate surface area is 160 Å². The van der Waals surface area contributed by atoms with Gasteiger partial charge in [-0.05, 0) is 17.7 Å². The Morgan fingerprint density at radius 3 is 2.46 bits per heavy atom. The van der Waals surface area contributed by atoms with Gasteiger partial charge in [-0.2, -0.15) is 5.10 Å². The molecule has 0 spiro atoms. The minimum atomic E-state index is -1.16. The maximum atomic E-state index is 12.6. The average molecular weight is 397 g/mol. The highest BCUT2D eigenvalue weighted by molar-refractivity contribution is 6.42. The van der Waals surface area contributed by atoms with Crippen LogP contribution in [0.25, 0.3) is 0 Å². The molecule has 1 aliphatic rings. The zero-order valence-corrected chi connectivity index (χ0v) is 15.7. The third-order valence-corrected chi connectivity index (χ3v) is 5.16. The van der Waals surface area contributed by atoms with Gasteiger partial charge in [0.1, 0.15) is 0 Å². The number of halogens is 2. The highest BCUT2D eigenvalue weighted by atomic mass is 35.5. The van der Waals surface area contributed by atoms with E-state index in [9.17, 15) is 14.7 Å². The van der Waals surface area contributed by atoms with E-state index in [0.29, 0.717) is 42.8 Å². The van der Waals surface area contributed by atoms with Gasteiger partial charge in [0.05, 0.1) is 21.8 Å². The number of benzene rings is 1. The largest absolute Gasteiger partial charge is 0.477 e. The van der Waals surface area contributed by atoms with Gasteiger partial charge >= 0.3 is 5.97 Å². The lowest BCUT2D eigenvalue weighted by atomic mass is 10.1. The monoisotopic (exact) mass is 396 g/mol. The zero-order chi connectivity index (χ0) is 18.8. The first-order chi connectivity index (χ1) is 12.4. The summed E-state index contributed by atoms with van der Waals surface area (Å²) in [6.07, 6.45) is 1.31. The number of hydrogen-bond acceptors (Lipinski definition) is 4. The van der Waals surface area contributed by atoms with Gasteiger partial charge in [0.15, 0.2) is 5.69 Å². The Kier molecular flexibility index (Phi) is 5.50. The van der Waals surface area contributed by atoms with E-state index >= 15 is 0 Å². The summed E-state index contributed by atoms with van der Waals surface area (Å²) in [5, 5.41) is 14.2. The summed E-state index contributed by atoms with van der Waals surface area (Å²) in [7, 11) is 1.51. The van der Waals surface area contributed by atoms with Crippen LogP contribution in [0.3, 0.4) is 0 Å². The molecular weight excluding hydrogens is 379 g/mol. The van der Waals surface area contributed by atoms with E-state index in [1.165, 1.54) is 17.9 Å². The molecule has 7 nitrogen and oxygen atoms in total. The Morgan fingerprint density at radius 2 is 1.85 bits per heavy atom. The molecule has 26 heavy (non-hydrogen) atoms. The van der Waals surface area contributed by atoms with E-state index in [0.717, 1.165) is 5.56 Å². The summed E-state index contributed by atoms with van der Waals surface area (Å²) in [5.41, 5.74) is 1.09. The maximum Gasteiger partial charge on any atom is 0.354 e. The number of piperazine rings is 1. The van der Waals surface area contributed by atoms with E-state index in [1.54, 1.807) is 11.0 Å². The Hall–Kier alpha value is -2.09. The standard InChI is InChI=1S/C17H18Cl2N4O3/c1-21-15(17(25)26)12(9-20-21)16(24)23-6-4-22(5-7-23)10-11-2-3-13(18)14(19)8-11/h2-3,8-9H,4-7,10H2,1H3,(H,25,26). The number of amides is 1. The molecule has 0 unspecified atom stereocenters. The summed E-state index contributed by atoms with van der Waals surface area (Å²) < 4.78 is 1.20. The molecule has 1 saturated heterocycles. The number of aryl methyl sites for hydroxylation is 1. The molecule has 0 aliphatic carbocycles. The number of carboxylic acid groups (broad SMARTS) is 1. The van der Waals surface area contributed by atoms with Crippen LogP contribution in [0.15, 0.2) is 24.4 Å². The first-order valence-electron chi connectivity index (χ1n) is 8.07. The van der Waals surface area contributed by atoms with Crippen molar-refractivity contribution in [3.05, 3.63) is 51.3 Å². The highest BCUT2D eigenvalue weighted by Gasteiger charge is 2.28. The summed E-state index contributed by atoms with van der Waals surface area (Å²) in [5.74, 6) is -1.46. The maximum absolute atomic E-state index is 12.6. The van der Waals surface area contributed by atoms with Crippen LogP contribution in [-0.4, -0.2) is 62.7 Å². The van der Waals surface area contributed by atoms with E-state index in [-0.39, 0.29) is 17.2 Å². The topological polar surface area (TPSA) is 78.7 Å². The van der Waals surface area contributed by atoms with Gasteiger partial charge < -0.3 is 10.0 Å². The molecule has 138 valence electrons. The van der Waals surface area contributed by atoms with Crippen LogP contribution in [0, 0.1) is 0 Å². The van der Waals surface area contributed by atoms with Crippen LogP contribution in [-0.2, 0) is 13.6 Å². The van der Waals surface area contributed by atoms with Gasteiger partial charge in [0.25, 0.3) is 5.91 Å². The number of hydrogen-bond donors (Lipinski definition) is 1. The van der Waals surface area contributed by atoms with Crippen molar-refractivity contribution in [2.24, 2.45) is 7.05 Å². The number of nitrogens with zero attached hydrogens (tertiary/aromatic N) is 4. The molecule has 1 aromatic heterocycles. The Bertz CT molecular complexity index is 845. The predicted molar refractivity (Wildman–Crippen MR) is 97.8 cm³/mol. The van der Waals surface area contributed by atoms with Crippen LogP contribution < -0.4 is 0 Å². The summed E-state index contributed by atoms with van der Waals surface area (Å²) >= 11 is 12.0. The number of aromatic nitrogens is 2. The molecule has 0 bridgehead atoms. The Morgan fingerprint density at radius 1 is 1.15 bits per heavy atom. The molecule has 0 saturated carbocycles. The molecule has 0 radical (unpaired) electrons. The third kappa shape index (κ3) is 3.85. The van der Waals surface area contributed by atoms with Gasteiger partial charge in [0.2, 0.25) is 0 Å². The lowest BCUT2D eigenvalue weighted by Crippen LogP contribution is -2.48. The van der Waals surface area contributed by atoms with Crippen LogP contribution in [0.4, 0.5) is 0 Å². The smallest absolute Gasteiger partial charge is 0.354 e. The van der Waals surface area contributed by atoms with E-state index < -0.39 is 5.97 Å². The fourth-order valence-electron chi connectivity index (χ4n) is 3.02. The number of carbonyl (C=O) groups excluding carboxylic acids is 1. The van der Waals surface area contributed by atoms with Crippen molar-refractivity contribution in [1.82, 2.24) is 19.6 Å². The molecule has 1 aliphatic heterocycles. The van der Waals surface area contributed by atoms with Crippen LogP contribution in [0.1, 0.15) is 26.4 Å². The normalized spacial score (nSPS) is 15.3. The van der Waals surface area contributed by atoms with Gasteiger partial charge in [-0.25, -0.2) is 4.79 Å². The summed E-state index contributed by atoms with van der Waals surface area (Å²) in [4.78, 5) is 27.9. The minimum Gasteiger partial charge on any atom is -0.477 e. The van der Waals surface area contributed by atoms with Crippen LogP contribution in [0.2, 0.25) is 10.0 Å². The SMILES string of the molecule is Cn1ncc(C(=O)N2CCN(Cc3ccc(Cl)c(Cl)c3)CC2)c1C(=O)O. The lowest BCUT2D eigenvalue weighted by molar-refractivity contribution is 0.0606. The molecule has 2 aromatic rings. The fourth-order valence-corrected chi connectivity index (χ4v) is 3.34. The number of rotatable bonds is 4. The molecule has 1 aromatic carbocycles. The quantitative estimate of drug-likeness (QED) is 0.857. The second-order valence-electron chi connectivity index (χ2n) is 6.15. The third-order valence-electron chi connectivity index (χ3n) is 4.42. The second-order valence-corrected chi connectivity index (χ2v) is 6.97. The molecular formula is C17H18Cl2N4O3. The molecule has 3 rings (SSSR count). The molecule has 1 N–H and O–H groups in total. The fraction of sp³-hybridized carbons (Fsp3) is 0.353. The first kappa shape index (κ1) is 18.7. The predicted octanol–water partition coefficient (Wildman–Crippen LogP) is 2.38. The number of carboxylic acids is 1. The molecule has 1 fully saturated rings. The molecule has 2 heterocycles. The van der Waals surface area contributed by atoms with Crippen LogP contribution >= 0.6 is 23.2 Å². The van der Waals surface area contributed by atoms with E-state index in [1.807, 2.05) is 12.1 Å². The van der Waals surface area contributed by atoms with E-state index in [4.69, 9.17) is 23.2 Å². The molecule has 9 heteroatoms. The van der Waals surface area contributed by atoms with Crippen molar-refractivity contribution in [2.45, 2.75) is 6.54 Å². The van der Waals surface area contributed by atoms with Gasteiger partial charge in [-0.3, -0.25) is 14.4 Å².